The number of fused-ring (bicyclic) bond motifs is 1. The van der Waals surface area contributed by atoms with Crippen molar-refractivity contribution in [1.82, 2.24) is 19.7 Å². The van der Waals surface area contributed by atoms with Crippen molar-refractivity contribution >= 4 is 5.82 Å². The van der Waals surface area contributed by atoms with Crippen molar-refractivity contribution in [3.05, 3.63) is 35.5 Å². The van der Waals surface area contributed by atoms with Gasteiger partial charge in [-0.3, -0.25) is 0 Å². The Balaban J connectivity index is 1.80. The lowest BCUT2D eigenvalue weighted by Gasteiger charge is -2.14. The van der Waals surface area contributed by atoms with Crippen LogP contribution in [0.2, 0.25) is 0 Å². The maximum atomic E-state index is 4.45. The minimum absolute atomic E-state index is 0.124. The lowest BCUT2D eigenvalue weighted by atomic mass is 10.3. The summed E-state index contributed by atoms with van der Waals surface area (Å²) in [6.45, 7) is 5.12. The van der Waals surface area contributed by atoms with Gasteiger partial charge in [0.1, 0.15) is 11.6 Å². The number of hydrogen-bond acceptors (Lipinski definition) is 4. The standard InChI is InChI=1S/C13H17N5/c1-9-5-3-6-11(14-9)15-10(2)13-17-16-12-7-4-8-18(12)13/h3,5-6,10H,4,7-8H2,1-2H3,(H,14,15). The molecule has 1 atom stereocenters. The Morgan fingerprint density at radius 1 is 1.33 bits per heavy atom. The first-order valence-electron chi connectivity index (χ1n) is 6.36. The molecule has 94 valence electrons. The molecule has 3 heterocycles. The summed E-state index contributed by atoms with van der Waals surface area (Å²) < 4.78 is 2.22. The number of anilines is 1. The Hall–Kier alpha value is -1.91. The molecule has 3 rings (SSSR count). The van der Waals surface area contributed by atoms with Gasteiger partial charge in [0.05, 0.1) is 6.04 Å². The highest BCUT2D eigenvalue weighted by Crippen LogP contribution is 2.21. The molecule has 0 saturated carbocycles. The summed E-state index contributed by atoms with van der Waals surface area (Å²) in [5, 5.41) is 11.9. The Morgan fingerprint density at radius 2 is 2.22 bits per heavy atom. The molecule has 1 aliphatic heterocycles. The van der Waals surface area contributed by atoms with Crippen LogP contribution in [0.25, 0.3) is 0 Å². The van der Waals surface area contributed by atoms with Crippen LogP contribution in [-0.4, -0.2) is 19.7 Å². The van der Waals surface area contributed by atoms with Crippen molar-refractivity contribution in [3.8, 4) is 0 Å². The van der Waals surface area contributed by atoms with Gasteiger partial charge in [0.2, 0.25) is 0 Å². The number of nitrogens with one attached hydrogen (secondary N) is 1. The summed E-state index contributed by atoms with van der Waals surface area (Å²) in [5.74, 6) is 3.00. The highest BCUT2D eigenvalue weighted by atomic mass is 15.3. The average molecular weight is 243 g/mol. The van der Waals surface area contributed by atoms with Crippen LogP contribution >= 0.6 is 0 Å². The highest BCUT2D eigenvalue weighted by Gasteiger charge is 2.21. The normalized spacial score (nSPS) is 15.4. The Kier molecular flexibility index (Phi) is 2.74. The van der Waals surface area contributed by atoms with Crippen molar-refractivity contribution in [1.29, 1.82) is 0 Å². The second kappa shape index (κ2) is 4.40. The maximum absolute atomic E-state index is 4.45. The van der Waals surface area contributed by atoms with E-state index in [1.807, 2.05) is 25.1 Å². The van der Waals surface area contributed by atoms with Crippen LogP contribution < -0.4 is 5.32 Å². The van der Waals surface area contributed by atoms with Crippen molar-refractivity contribution in [3.63, 3.8) is 0 Å². The summed E-state index contributed by atoms with van der Waals surface area (Å²) in [6.07, 6.45) is 2.22. The number of nitrogens with zero attached hydrogens (tertiary/aromatic N) is 4. The van der Waals surface area contributed by atoms with Crippen LogP contribution in [0.1, 0.15) is 36.7 Å². The fourth-order valence-corrected chi connectivity index (χ4v) is 2.40. The zero-order valence-corrected chi connectivity index (χ0v) is 10.7. The van der Waals surface area contributed by atoms with Crippen LogP contribution in [0.4, 0.5) is 5.82 Å². The summed E-state index contributed by atoms with van der Waals surface area (Å²) in [7, 11) is 0. The van der Waals surface area contributed by atoms with Crippen LogP contribution in [0.3, 0.4) is 0 Å². The van der Waals surface area contributed by atoms with Crippen LogP contribution in [0, 0.1) is 6.92 Å². The molecule has 1 unspecified atom stereocenters. The second-order valence-corrected chi connectivity index (χ2v) is 4.76. The fourth-order valence-electron chi connectivity index (χ4n) is 2.40. The van der Waals surface area contributed by atoms with Crippen molar-refractivity contribution in [2.45, 2.75) is 39.3 Å². The predicted molar refractivity (Wildman–Crippen MR) is 69.4 cm³/mol. The van der Waals surface area contributed by atoms with Gasteiger partial charge in [-0.15, -0.1) is 10.2 Å². The number of pyridine rings is 1. The van der Waals surface area contributed by atoms with Gasteiger partial charge in [-0.2, -0.15) is 0 Å². The molecule has 18 heavy (non-hydrogen) atoms. The quantitative estimate of drug-likeness (QED) is 0.897. The third kappa shape index (κ3) is 1.96. The Labute approximate surface area is 106 Å². The van der Waals surface area contributed by atoms with Gasteiger partial charge < -0.3 is 9.88 Å². The van der Waals surface area contributed by atoms with E-state index in [2.05, 4.69) is 32.0 Å². The van der Waals surface area contributed by atoms with E-state index in [0.717, 1.165) is 36.1 Å². The zero-order chi connectivity index (χ0) is 12.5. The Morgan fingerprint density at radius 3 is 3.06 bits per heavy atom. The van der Waals surface area contributed by atoms with Gasteiger partial charge in [0.25, 0.3) is 0 Å². The molecule has 1 N–H and O–H groups in total. The monoisotopic (exact) mass is 243 g/mol. The second-order valence-electron chi connectivity index (χ2n) is 4.76. The van der Waals surface area contributed by atoms with E-state index in [0.29, 0.717) is 0 Å². The molecular weight excluding hydrogens is 226 g/mol. The zero-order valence-electron chi connectivity index (χ0n) is 10.7. The lowest BCUT2D eigenvalue weighted by molar-refractivity contribution is 0.651. The molecule has 2 aromatic rings. The van der Waals surface area contributed by atoms with E-state index in [1.54, 1.807) is 0 Å². The van der Waals surface area contributed by atoms with Crippen LogP contribution in [0.15, 0.2) is 18.2 Å². The first-order valence-corrected chi connectivity index (χ1v) is 6.36. The number of aryl methyl sites for hydroxylation is 2. The summed E-state index contributed by atoms with van der Waals surface area (Å²) in [4.78, 5) is 4.45. The van der Waals surface area contributed by atoms with E-state index < -0.39 is 0 Å². The molecule has 0 fully saturated rings. The molecule has 0 spiro atoms. The van der Waals surface area contributed by atoms with Crippen molar-refractivity contribution < 1.29 is 0 Å². The first kappa shape index (κ1) is 11.2. The van der Waals surface area contributed by atoms with Crippen LogP contribution in [0.5, 0.6) is 0 Å². The number of aromatic nitrogens is 4. The minimum Gasteiger partial charge on any atom is -0.360 e. The summed E-state index contributed by atoms with van der Waals surface area (Å²) >= 11 is 0. The molecule has 0 bridgehead atoms. The molecule has 5 nitrogen and oxygen atoms in total. The van der Waals surface area contributed by atoms with E-state index in [4.69, 9.17) is 0 Å². The SMILES string of the molecule is Cc1cccc(NC(C)c2nnc3n2CCC3)n1. The van der Waals surface area contributed by atoms with E-state index in [1.165, 1.54) is 6.42 Å². The largest absolute Gasteiger partial charge is 0.360 e. The van der Waals surface area contributed by atoms with Gasteiger partial charge in [0.15, 0.2) is 5.82 Å². The predicted octanol–water partition coefficient (Wildman–Crippen LogP) is 2.10. The van der Waals surface area contributed by atoms with Gasteiger partial charge in [-0.05, 0) is 32.4 Å². The third-order valence-electron chi connectivity index (χ3n) is 3.28. The molecule has 0 amide bonds. The van der Waals surface area contributed by atoms with E-state index in [9.17, 15) is 0 Å². The Bertz CT molecular complexity index is 560. The third-order valence-corrected chi connectivity index (χ3v) is 3.28. The summed E-state index contributed by atoms with van der Waals surface area (Å²) in [5.41, 5.74) is 1.01. The molecule has 5 heteroatoms. The molecule has 0 aliphatic carbocycles. The maximum Gasteiger partial charge on any atom is 0.155 e. The molecular formula is C13H17N5. The van der Waals surface area contributed by atoms with Gasteiger partial charge >= 0.3 is 0 Å². The first-order chi connectivity index (χ1) is 8.74. The van der Waals surface area contributed by atoms with Crippen molar-refractivity contribution in [2.75, 3.05) is 5.32 Å². The van der Waals surface area contributed by atoms with Gasteiger partial charge in [-0.25, -0.2) is 4.98 Å². The van der Waals surface area contributed by atoms with E-state index in [-0.39, 0.29) is 6.04 Å². The van der Waals surface area contributed by atoms with E-state index >= 15 is 0 Å². The number of hydrogen-bond donors (Lipinski definition) is 1. The van der Waals surface area contributed by atoms with Crippen LogP contribution in [-0.2, 0) is 13.0 Å². The fraction of sp³-hybridized carbons (Fsp3) is 0.462. The highest BCUT2D eigenvalue weighted by molar-refractivity contribution is 5.37. The molecule has 0 aromatic carbocycles. The van der Waals surface area contributed by atoms with Gasteiger partial charge in [-0.1, -0.05) is 6.07 Å². The lowest BCUT2D eigenvalue weighted by Crippen LogP contribution is -2.14. The number of rotatable bonds is 3. The summed E-state index contributed by atoms with van der Waals surface area (Å²) in [6, 6.07) is 6.10. The molecule has 0 saturated heterocycles. The topological polar surface area (TPSA) is 55.6 Å². The smallest absolute Gasteiger partial charge is 0.155 e. The average Bonchev–Trinajstić information content (AvgIpc) is 2.89. The molecule has 0 radical (unpaired) electrons. The molecule has 1 aliphatic rings. The molecule has 2 aromatic heterocycles. The van der Waals surface area contributed by atoms with Gasteiger partial charge in [0, 0.05) is 18.7 Å². The van der Waals surface area contributed by atoms with Crippen molar-refractivity contribution in [2.24, 2.45) is 0 Å². The minimum atomic E-state index is 0.124.